The molecule has 0 radical (unpaired) electrons. The second-order valence-electron chi connectivity index (χ2n) is 13.0. The first-order valence-electron chi connectivity index (χ1n) is 14.2. The van der Waals surface area contributed by atoms with E-state index in [0.717, 1.165) is 54.8 Å². The van der Waals surface area contributed by atoms with E-state index in [-0.39, 0.29) is 17.6 Å². The van der Waals surface area contributed by atoms with Crippen molar-refractivity contribution < 1.29 is 14.3 Å². The third kappa shape index (κ3) is 5.79. The minimum atomic E-state index is -0.507. The molecule has 0 spiro atoms. The Balaban J connectivity index is 1.25. The van der Waals surface area contributed by atoms with Crippen molar-refractivity contribution in [3.05, 3.63) is 34.8 Å². The number of anilines is 2. The third-order valence-corrected chi connectivity index (χ3v) is 8.79. The fourth-order valence-electron chi connectivity index (χ4n) is 7.46. The number of aromatic nitrogens is 3. The lowest BCUT2D eigenvalue weighted by atomic mass is 9.48. The number of carbonyl (C=O) groups is 1. The Labute approximate surface area is 236 Å². The van der Waals surface area contributed by atoms with Gasteiger partial charge in [0.2, 0.25) is 5.95 Å². The summed E-state index contributed by atoms with van der Waals surface area (Å²) in [6, 6.07) is 2.40. The molecule has 4 bridgehead atoms. The summed E-state index contributed by atoms with van der Waals surface area (Å²) in [6.45, 7) is 10.8. The topological polar surface area (TPSA) is 134 Å². The molecule has 2 heterocycles. The molecule has 10 nitrogen and oxygen atoms in total. The summed E-state index contributed by atoms with van der Waals surface area (Å²) in [6.07, 6.45) is 8.62. The highest BCUT2D eigenvalue weighted by Gasteiger charge is 2.55. The van der Waals surface area contributed by atoms with Crippen LogP contribution in [-0.2, 0) is 11.3 Å². The van der Waals surface area contributed by atoms with Gasteiger partial charge in [-0.15, -0.1) is 0 Å². The predicted octanol–water partition coefficient (Wildman–Crippen LogP) is 5.11. The molecule has 0 aromatic carbocycles. The molecule has 4 aliphatic rings. The summed E-state index contributed by atoms with van der Waals surface area (Å²) < 4.78 is 11.1. The highest BCUT2D eigenvalue weighted by Crippen LogP contribution is 2.60. The molecule has 4 aliphatic carbocycles. The molecule has 1 unspecified atom stereocenters. The van der Waals surface area contributed by atoms with E-state index in [2.05, 4.69) is 37.0 Å². The Morgan fingerprint density at radius 1 is 1.12 bits per heavy atom. The fraction of sp³-hybridized carbons (Fsp3) is 0.633. The van der Waals surface area contributed by atoms with E-state index < -0.39 is 5.60 Å². The molecule has 2 aromatic heterocycles. The fourth-order valence-corrected chi connectivity index (χ4v) is 7.46. The van der Waals surface area contributed by atoms with Crippen LogP contribution in [0.5, 0.6) is 5.75 Å². The van der Waals surface area contributed by atoms with Gasteiger partial charge in [0.05, 0.1) is 25.5 Å². The van der Waals surface area contributed by atoms with E-state index in [1.807, 2.05) is 34.6 Å². The van der Waals surface area contributed by atoms with Gasteiger partial charge >= 0.3 is 6.09 Å². The summed E-state index contributed by atoms with van der Waals surface area (Å²) in [5, 5.41) is 19.7. The van der Waals surface area contributed by atoms with Crippen molar-refractivity contribution in [2.75, 3.05) is 24.3 Å². The number of nitrogens with zero attached hydrogens (tertiary/aromatic N) is 4. The molecule has 4 fully saturated rings. The Hall–Kier alpha value is -3.61. The van der Waals surface area contributed by atoms with Crippen molar-refractivity contribution in [1.82, 2.24) is 20.3 Å². The van der Waals surface area contributed by atoms with Gasteiger partial charge in [0.1, 0.15) is 28.8 Å². The average Bonchev–Trinajstić information content (AvgIpc) is 2.88. The smallest absolute Gasteiger partial charge is 0.407 e. The maximum atomic E-state index is 12.5. The largest absolute Gasteiger partial charge is 0.496 e. The molecule has 3 N–H and O–H groups in total. The Bertz CT molecular complexity index is 1300. The second-order valence-corrected chi connectivity index (χ2v) is 13.0. The Morgan fingerprint density at radius 2 is 1.85 bits per heavy atom. The summed E-state index contributed by atoms with van der Waals surface area (Å²) in [5.74, 6) is 3.38. The number of amides is 1. The number of ether oxygens (including phenoxy) is 2. The quantitative estimate of drug-likeness (QED) is 0.412. The van der Waals surface area contributed by atoms with Crippen molar-refractivity contribution >= 4 is 17.9 Å². The number of aryl methyl sites for hydroxylation is 1. The molecule has 0 saturated heterocycles. The maximum Gasteiger partial charge on any atom is 0.407 e. The molecule has 40 heavy (non-hydrogen) atoms. The van der Waals surface area contributed by atoms with Crippen molar-refractivity contribution in [3.8, 4) is 11.8 Å². The van der Waals surface area contributed by atoms with Crippen molar-refractivity contribution in [2.45, 2.75) is 84.9 Å². The highest BCUT2D eigenvalue weighted by atomic mass is 16.6. The van der Waals surface area contributed by atoms with Crippen LogP contribution in [0.1, 0.15) is 75.3 Å². The van der Waals surface area contributed by atoms with Crippen LogP contribution in [0.2, 0.25) is 0 Å². The second kappa shape index (κ2) is 10.8. The number of pyridine rings is 1. The standard InChI is InChI=1S/C30H41N7O3/c1-17-13-32-23(18(2)25(17)39-6)15-34-27-33-14-22(12-31)26(37-27)35-16-30-9-19-7-20(10-30)24(21(8-19)11-30)36-28(38)40-29(3,4)5/h13-14,19-21,24H,7-11,15-16H2,1-6H3,(H,36,38)(H2,33,34,35,37)/t19?,20-,21+,24-,30+. The number of hydrogen-bond donors (Lipinski definition) is 3. The Kier molecular flexibility index (Phi) is 7.51. The summed E-state index contributed by atoms with van der Waals surface area (Å²) >= 11 is 0. The van der Waals surface area contributed by atoms with Gasteiger partial charge in [-0.2, -0.15) is 10.2 Å². The minimum Gasteiger partial charge on any atom is -0.496 e. The zero-order chi connectivity index (χ0) is 28.7. The van der Waals surface area contributed by atoms with Crippen LogP contribution in [0.4, 0.5) is 16.6 Å². The van der Waals surface area contributed by atoms with Gasteiger partial charge in [0, 0.05) is 29.9 Å². The molecular weight excluding hydrogens is 506 g/mol. The normalized spacial score (nSPS) is 26.6. The van der Waals surface area contributed by atoms with Gasteiger partial charge in [0.25, 0.3) is 0 Å². The minimum absolute atomic E-state index is 0.132. The van der Waals surface area contributed by atoms with E-state index in [0.29, 0.717) is 41.6 Å². The predicted molar refractivity (Wildman–Crippen MR) is 152 cm³/mol. The number of hydrogen-bond acceptors (Lipinski definition) is 9. The lowest BCUT2D eigenvalue weighted by molar-refractivity contribution is -0.0703. The van der Waals surface area contributed by atoms with Crippen LogP contribution in [0.15, 0.2) is 12.4 Å². The van der Waals surface area contributed by atoms with E-state index in [1.54, 1.807) is 19.5 Å². The van der Waals surface area contributed by atoms with Gasteiger partial charge in [-0.05, 0) is 89.9 Å². The van der Waals surface area contributed by atoms with Crippen LogP contribution in [0.25, 0.3) is 0 Å². The summed E-state index contributed by atoms with van der Waals surface area (Å²) in [5.41, 5.74) is 2.87. The van der Waals surface area contributed by atoms with Gasteiger partial charge in [-0.1, -0.05) is 0 Å². The first-order chi connectivity index (χ1) is 19.0. The molecule has 2 aromatic rings. The number of nitriles is 1. The van der Waals surface area contributed by atoms with Crippen LogP contribution in [0.3, 0.4) is 0 Å². The number of nitrogens with one attached hydrogen (secondary N) is 3. The first kappa shape index (κ1) is 27.9. The molecule has 214 valence electrons. The SMILES string of the molecule is COc1c(C)cnc(CNc2ncc(C#N)c(NC[C@@]34CC5C[C@H](C3)[C@@H](NC(=O)OC(C)(C)C)[C@@H](C5)C4)n2)c1C. The van der Waals surface area contributed by atoms with Crippen molar-refractivity contribution in [1.29, 1.82) is 5.26 Å². The highest BCUT2D eigenvalue weighted by molar-refractivity contribution is 5.68. The Morgan fingerprint density at radius 3 is 2.50 bits per heavy atom. The zero-order valence-corrected chi connectivity index (χ0v) is 24.4. The maximum absolute atomic E-state index is 12.5. The first-order valence-corrected chi connectivity index (χ1v) is 14.2. The van der Waals surface area contributed by atoms with Crippen LogP contribution < -0.4 is 20.7 Å². The van der Waals surface area contributed by atoms with Gasteiger partial charge in [-0.25, -0.2) is 9.78 Å². The lowest BCUT2D eigenvalue weighted by Crippen LogP contribution is -2.60. The average molecular weight is 548 g/mol. The van der Waals surface area contributed by atoms with Crippen molar-refractivity contribution in [2.24, 2.45) is 23.2 Å². The zero-order valence-electron chi connectivity index (χ0n) is 24.4. The van der Waals surface area contributed by atoms with Crippen LogP contribution in [0, 0.1) is 48.3 Å². The van der Waals surface area contributed by atoms with Gasteiger partial charge < -0.3 is 25.4 Å². The number of rotatable bonds is 8. The third-order valence-electron chi connectivity index (χ3n) is 8.79. The summed E-state index contributed by atoms with van der Waals surface area (Å²) in [7, 11) is 1.66. The molecular formula is C30H41N7O3. The van der Waals surface area contributed by atoms with Gasteiger partial charge in [-0.3, -0.25) is 4.98 Å². The van der Waals surface area contributed by atoms with E-state index in [9.17, 15) is 10.1 Å². The number of alkyl carbamates (subject to hydrolysis) is 1. The summed E-state index contributed by atoms with van der Waals surface area (Å²) in [4.78, 5) is 26.1. The molecule has 10 heteroatoms. The monoisotopic (exact) mass is 547 g/mol. The molecule has 4 saturated carbocycles. The lowest BCUT2D eigenvalue weighted by Gasteiger charge is -2.60. The van der Waals surface area contributed by atoms with E-state index in [1.165, 1.54) is 6.42 Å². The van der Waals surface area contributed by atoms with Crippen LogP contribution in [-0.4, -0.2) is 46.3 Å². The van der Waals surface area contributed by atoms with E-state index in [4.69, 9.17) is 9.47 Å². The van der Waals surface area contributed by atoms with Gasteiger partial charge in [0.15, 0.2) is 0 Å². The van der Waals surface area contributed by atoms with E-state index >= 15 is 0 Å². The molecule has 1 amide bonds. The van der Waals surface area contributed by atoms with Crippen LogP contribution >= 0.6 is 0 Å². The molecule has 0 aliphatic heterocycles. The number of methoxy groups -OCH3 is 1. The molecule has 5 atom stereocenters. The molecule has 6 rings (SSSR count). The van der Waals surface area contributed by atoms with Crippen molar-refractivity contribution in [3.63, 3.8) is 0 Å². The number of carbonyl (C=O) groups excluding carboxylic acids is 1.